The molecule has 0 radical (unpaired) electrons. The van der Waals surface area contributed by atoms with E-state index in [2.05, 4.69) is 35.8 Å². The highest BCUT2D eigenvalue weighted by molar-refractivity contribution is 6.32. The van der Waals surface area contributed by atoms with Crippen LogP contribution in [0.4, 0.5) is 0 Å². The summed E-state index contributed by atoms with van der Waals surface area (Å²) in [5.74, 6) is 0.591. The van der Waals surface area contributed by atoms with E-state index in [0.717, 1.165) is 49.3 Å². The molecule has 0 aliphatic carbocycles. The molecule has 0 unspecified atom stereocenters. The van der Waals surface area contributed by atoms with Gasteiger partial charge in [-0.15, -0.1) is 0 Å². The summed E-state index contributed by atoms with van der Waals surface area (Å²) in [5.41, 5.74) is 3.13. The van der Waals surface area contributed by atoms with Crippen LogP contribution in [0.3, 0.4) is 0 Å². The summed E-state index contributed by atoms with van der Waals surface area (Å²) in [7, 11) is 1.60. The molecule has 0 bridgehead atoms. The van der Waals surface area contributed by atoms with Crippen LogP contribution in [-0.2, 0) is 10.3 Å². The van der Waals surface area contributed by atoms with Crippen LogP contribution >= 0.6 is 11.6 Å². The molecule has 0 N–H and O–H groups in total. The number of hydrogen-bond donors (Lipinski definition) is 0. The van der Waals surface area contributed by atoms with Gasteiger partial charge in [0.1, 0.15) is 11.4 Å². The third-order valence-electron chi connectivity index (χ3n) is 6.29. The van der Waals surface area contributed by atoms with Crippen molar-refractivity contribution < 1.29 is 14.4 Å². The quantitative estimate of drug-likeness (QED) is 0.435. The number of carbonyl (C=O) groups excluding carboxylic acids is 1. The van der Waals surface area contributed by atoms with Gasteiger partial charge < -0.3 is 14.5 Å². The molecule has 1 saturated heterocycles. The standard InChI is InChI=1S/C26H30ClN3O3/c1-25(2,3)24-8-6-19(17-28-24)22(31)9-12-30-13-10-26(11-14-30)16-21(29-33-26)18-5-7-20(27)23(15-18)32-4/h5-9,12,15,17H,10-11,13-14,16H2,1-4H3. The van der Waals surface area contributed by atoms with Crippen molar-refractivity contribution in [3.05, 3.63) is 70.6 Å². The Morgan fingerprint density at radius 2 is 1.97 bits per heavy atom. The van der Waals surface area contributed by atoms with Crippen molar-refractivity contribution in [1.82, 2.24) is 9.88 Å². The molecule has 33 heavy (non-hydrogen) atoms. The van der Waals surface area contributed by atoms with Crippen LogP contribution in [0.25, 0.3) is 0 Å². The number of hydrogen-bond acceptors (Lipinski definition) is 6. The number of ketones is 1. The molecule has 3 heterocycles. The highest BCUT2D eigenvalue weighted by Gasteiger charge is 2.42. The van der Waals surface area contributed by atoms with E-state index in [1.54, 1.807) is 19.4 Å². The van der Waals surface area contributed by atoms with Crippen molar-refractivity contribution in [2.75, 3.05) is 20.2 Å². The van der Waals surface area contributed by atoms with Crippen molar-refractivity contribution in [2.24, 2.45) is 5.16 Å². The summed E-state index contributed by atoms with van der Waals surface area (Å²) < 4.78 is 5.32. The van der Waals surface area contributed by atoms with Gasteiger partial charge in [0, 0.05) is 73.1 Å². The van der Waals surface area contributed by atoms with Gasteiger partial charge in [0.15, 0.2) is 5.78 Å². The number of ether oxygens (including phenoxy) is 1. The van der Waals surface area contributed by atoms with Gasteiger partial charge in [0.2, 0.25) is 0 Å². The van der Waals surface area contributed by atoms with Crippen molar-refractivity contribution in [2.45, 2.75) is 51.0 Å². The van der Waals surface area contributed by atoms with Gasteiger partial charge in [-0.2, -0.15) is 0 Å². The maximum atomic E-state index is 12.6. The first-order chi connectivity index (χ1) is 15.7. The highest BCUT2D eigenvalue weighted by Crippen LogP contribution is 2.37. The molecule has 1 fully saturated rings. The third kappa shape index (κ3) is 5.22. The Hall–Kier alpha value is -2.86. The van der Waals surface area contributed by atoms with E-state index < -0.39 is 0 Å². The number of likely N-dealkylation sites (tertiary alicyclic amines) is 1. The summed E-state index contributed by atoms with van der Waals surface area (Å²) in [6.45, 7) is 7.92. The minimum absolute atomic E-state index is 0.0350. The molecular formula is C26H30ClN3O3. The number of benzene rings is 1. The number of halogens is 1. The summed E-state index contributed by atoms with van der Waals surface area (Å²) >= 11 is 6.14. The number of methoxy groups -OCH3 is 1. The van der Waals surface area contributed by atoms with E-state index >= 15 is 0 Å². The molecule has 174 valence electrons. The number of allylic oxidation sites excluding steroid dienone is 1. The van der Waals surface area contributed by atoms with Crippen molar-refractivity contribution >= 4 is 23.1 Å². The predicted molar refractivity (Wildman–Crippen MR) is 130 cm³/mol. The first-order valence-corrected chi connectivity index (χ1v) is 11.6. The Bertz CT molecular complexity index is 1080. The highest BCUT2D eigenvalue weighted by atomic mass is 35.5. The summed E-state index contributed by atoms with van der Waals surface area (Å²) in [5, 5.41) is 4.95. The van der Waals surface area contributed by atoms with Crippen LogP contribution in [0.2, 0.25) is 5.02 Å². The van der Waals surface area contributed by atoms with E-state index in [1.807, 2.05) is 36.5 Å². The zero-order valence-electron chi connectivity index (χ0n) is 19.6. The number of pyridine rings is 1. The Balaban J connectivity index is 1.32. The second kappa shape index (κ2) is 9.18. The van der Waals surface area contributed by atoms with E-state index in [9.17, 15) is 4.79 Å². The van der Waals surface area contributed by atoms with Crippen LogP contribution in [-0.4, -0.2) is 47.2 Å². The van der Waals surface area contributed by atoms with Gasteiger partial charge >= 0.3 is 0 Å². The third-order valence-corrected chi connectivity index (χ3v) is 6.60. The molecule has 4 rings (SSSR count). The Kier molecular flexibility index (Phi) is 6.48. The number of aromatic nitrogens is 1. The lowest BCUT2D eigenvalue weighted by atomic mass is 9.85. The molecule has 1 aromatic carbocycles. The largest absolute Gasteiger partial charge is 0.495 e. The lowest BCUT2D eigenvalue weighted by molar-refractivity contribution is -0.0550. The first kappa shape index (κ1) is 23.3. The second-order valence-electron chi connectivity index (χ2n) is 9.74. The summed E-state index contributed by atoms with van der Waals surface area (Å²) in [4.78, 5) is 25.1. The molecular weight excluding hydrogens is 438 g/mol. The van der Waals surface area contributed by atoms with Gasteiger partial charge in [0.25, 0.3) is 0 Å². The maximum Gasteiger partial charge on any atom is 0.188 e. The van der Waals surface area contributed by atoms with Crippen LogP contribution in [0.5, 0.6) is 5.75 Å². The van der Waals surface area contributed by atoms with Crippen molar-refractivity contribution in [3.63, 3.8) is 0 Å². The number of piperidine rings is 1. The zero-order chi connectivity index (χ0) is 23.6. The molecule has 6 nitrogen and oxygen atoms in total. The average molecular weight is 468 g/mol. The lowest BCUT2D eigenvalue weighted by Crippen LogP contribution is -2.42. The minimum Gasteiger partial charge on any atom is -0.495 e. The first-order valence-electron chi connectivity index (χ1n) is 11.2. The molecule has 1 spiro atoms. The fraction of sp³-hybridized carbons (Fsp3) is 0.423. The summed E-state index contributed by atoms with van der Waals surface area (Å²) in [6.07, 6.45) is 7.60. The Labute approximate surface area is 200 Å². The molecule has 2 aliphatic heterocycles. The minimum atomic E-state index is -0.288. The zero-order valence-corrected chi connectivity index (χ0v) is 20.4. The number of oxime groups is 1. The molecule has 2 aliphatic rings. The van der Waals surface area contributed by atoms with Crippen LogP contribution in [0, 0.1) is 0 Å². The maximum absolute atomic E-state index is 12.6. The topological polar surface area (TPSA) is 64.0 Å². The van der Waals surface area contributed by atoms with E-state index in [0.29, 0.717) is 16.3 Å². The summed E-state index contributed by atoms with van der Waals surface area (Å²) in [6, 6.07) is 9.44. The average Bonchev–Trinajstić information content (AvgIpc) is 3.22. The number of carbonyl (C=O) groups is 1. The SMILES string of the molecule is COc1cc(C2=NOC3(CCN(C=CC(=O)c4ccc(C(C)(C)C)nc4)CC3)C2)ccc1Cl. The van der Waals surface area contributed by atoms with Crippen LogP contribution in [0.1, 0.15) is 61.6 Å². The molecule has 7 heteroatoms. The van der Waals surface area contributed by atoms with Gasteiger partial charge in [-0.05, 0) is 24.3 Å². The fourth-order valence-electron chi connectivity index (χ4n) is 4.12. The van der Waals surface area contributed by atoms with Gasteiger partial charge in [0.05, 0.1) is 17.8 Å². The van der Waals surface area contributed by atoms with E-state index in [4.69, 9.17) is 21.2 Å². The van der Waals surface area contributed by atoms with Gasteiger partial charge in [-0.25, -0.2) is 0 Å². The Morgan fingerprint density at radius 1 is 1.21 bits per heavy atom. The van der Waals surface area contributed by atoms with Crippen molar-refractivity contribution in [1.29, 1.82) is 0 Å². The smallest absolute Gasteiger partial charge is 0.188 e. The second-order valence-corrected chi connectivity index (χ2v) is 10.1. The van der Waals surface area contributed by atoms with E-state index in [1.165, 1.54) is 0 Å². The monoisotopic (exact) mass is 467 g/mol. The normalized spacial score (nSPS) is 17.8. The molecule has 0 saturated carbocycles. The van der Waals surface area contributed by atoms with Gasteiger partial charge in [-0.3, -0.25) is 9.78 Å². The fourth-order valence-corrected chi connectivity index (χ4v) is 4.31. The van der Waals surface area contributed by atoms with Crippen molar-refractivity contribution in [3.8, 4) is 5.75 Å². The van der Waals surface area contributed by atoms with E-state index in [-0.39, 0.29) is 16.8 Å². The van der Waals surface area contributed by atoms with Crippen LogP contribution < -0.4 is 4.74 Å². The van der Waals surface area contributed by atoms with Crippen LogP contribution in [0.15, 0.2) is 54.0 Å². The lowest BCUT2D eigenvalue weighted by Gasteiger charge is -2.36. The van der Waals surface area contributed by atoms with Gasteiger partial charge in [-0.1, -0.05) is 43.6 Å². The Morgan fingerprint density at radius 3 is 2.61 bits per heavy atom. The predicted octanol–water partition coefficient (Wildman–Crippen LogP) is 5.40. The number of rotatable bonds is 5. The molecule has 0 amide bonds. The number of nitrogens with zero attached hydrogens (tertiary/aromatic N) is 3. The molecule has 0 atom stereocenters. The molecule has 1 aromatic heterocycles. The molecule has 2 aromatic rings.